The van der Waals surface area contributed by atoms with Crippen LogP contribution in [-0.2, 0) is 14.8 Å². The van der Waals surface area contributed by atoms with Crippen molar-refractivity contribution in [2.24, 2.45) is 0 Å². The fourth-order valence-corrected chi connectivity index (χ4v) is 3.48. The van der Waals surface area contributed by atoms with Crippen LogP contribution in [0, 0.1) is 0 Å². The van der Waals surface area contributed by atoms with E-state index in [2.05, 4.69) is 4.72 Å². The molecule has 1 aromatic carbocycles. The number of nitrogens with one attached hydrogen (secondary N) is 1. The van der Waals surface area contributed by atoms with Gasteiger partial charge in [0.2, 0.25) is 10.0 Å². The fraction of sp³-hybridized carbons (Fsp3) is 0.529. The average Bonchev–Trinajstić information content (AvgIpc) is 2.57. The summed E-state index contributed by atoms with van der Waals surface area (Å²) in [5, 5.41) is 9.00. The summed E-state index contributed by atoms with van der Waals surface area (Å²) in [7, 11) is -3.64. The molecular formula is C17H26N2O5S. The van der Waals surface area contributed by atoms with Gasteiger partial charge in [0.05, 0.1) is 4.90 Å². The Hall–Kier alpha value is -1.93. The second-order valence-corrected chi connectivity index (χ2v) is 7.75. The summed E-state index contributed by atoms with van der Waals surface area (Å²) < 4.78 is 27.0. The van der Waals surface area contributed by atoms with E-state index in [1.165, 1.54) is 29.2 Å². The maximum atomic E-state index is 12.6. The van der Waals surface area contributed by atoms with Gasteiger partial charge in [-0.05, 0) is 51.0 Å². The van der Waals surface area contributed by atoms with Gasteiger partial charge >= 0.3 is 5.97 Å². The number of amides is 1. The minimum absolute atomic E-state index is 0.0673. The number of hydrogen-bond donors (Lipinski definition) is 2. The number of sulfonamides is 1. The molecule has 0 aliphatic carbocycles. The Morgan fingerprint density at radius 1 is 1.12 bits per heavy atom. The van der Waals surface area contributed by atoms with Crippen LogP contribution >= 0.6 is 0 Å². The third-order valence-electron chi connectivity index (χ3n) is 4.07. The van der Waals surface area contributed by atoms with Crippen molar-refractivity contribution >= 4 is 21.9 Å². The smallest absolute Gasteiger partial charge is 0.323 e. The molecule has 1 amide bonds. The monoisotopic (exact) mass is 370 g/mol. The van der Waals surface area contributed by atoms with Gasteiger partial charge in [0.25, 0.3) is 5.91 Å². The van der Waals surface area contributed by atoms with E-state index in [-0.39, 0.29) is 22.5 Å². The average molecular weight is 370 g/mol. The predicted molar refractivity (Wildman–Crippen MR) is 94.9 cm³/mol. The molecule has 0 bridgehead atoms. The minimum Gasteiger partial charge on any atom is -0.480 e. The first kappa shape index (κ1) is 21.1. The molecule has 25 heavy (non-hydrogen) atoms. The van der Waals surface area contributed by atoms with Gasteiger partial charge in [-0.3, -0.25) is 9.59 Å². The van der Waals surface area contributed by atoms with E-state index in [9.17, 15) is 18.0 Å². The maximum absolute atomic E-state index is 12.6. The molecule has 0 spiro atoms. The van der Waals surface area contributed by atoms with E-state index >= 15 is 0 Å². The Kier molecular flexibility index (Phi) is 7.57. The number of carbonyl (C=O) groups is 2. The molecule has 0 aliphatic rings. The van der Waals surface area contributed by atoms with Gasteiger partial charge in [-0.15, -0.1) is 0 Å². The van der Waals surface area contributed by atoms with Crippen LogP contribution in [0.25, 0.3) is 0 Å². The second-order valence-electron chi connectivity index (χ2n) is 6.04. The van der Waals surface area contributed by atoms with Crippen molar-refractivity contribution in [3.8, 4) is 0 Å². The second kappa shape index (κ2) is 8.96. The third kappa shape index (κ3) is 5.82. The van der Waals surface area contributed by atoms with Gasteiger partial charge in [-0.1, -0.05) is 13.8 Å². The Morgan fingerprint density at radius 2 is 1.68 bits per heavy atom. The van der Waals surface area contributed by atoms with Crippen LogP contribution in [0.5, 0.6) is 0 Å². The summed E-state index contributed by atoms with van der Waals surface area (Å²) in [6.45, 7) is 6.88. The number of nitrogens with zero attached hydrogens (tertiary/aromatic N) is 1. The molecule has 0 radical (unpaired) electrons. The van der Waals surface area contributed by atoms with Crippen molar-refractivity contribution < 1.29 is 23.1 Å². The zero-order valence-corrected chi connectivity index (χ0v) is 15.8. The van der Waals surface area contributed by atoms with Gasteiger partial charge < -0.3 is 10.0 Å². The molecule has 1 rings (SSSR count). The first-order valence-electron chi connectivity index (χ1n) is 8.27. The van der Waals surface area contributed by atoms with E-state index in [0.717, 1.165) is 0 Å². The van der Waals surface area contributed by atoms with Crippen LogP contribution in [0.15, 0.2) is 29.2 Å². The lowest BCUT2D eigenvalue weighted by molar-refractivity contribution is -0.138. The number of rotatable bonds is 9. The lowest BCUT2D eigenvalue weighted by atomic mass is 10.1. The van der Waals surface area contributed by atoms with Crippen LogP contribution in [-0.4, -0.2) is 48.9 Å². The summed E-state index contributed by atoms with van der Waals surface area (Å²) in [6.07, 6.45) is 1.28. The van der Waals surface area contributed by atoms with Crippen LogP contribution in [0.4, 0.5) is 0 Å². The van der Waals surface area contributed by atoms with E-state index < -0.39 is 28.4 Å². The molecule has 8 heteroatoms. The van der Waals surface area contributed by atoms with Crippen molar-refractivity contribution in [1.29, 1.82) is 0 Å². The SMILES string of the molecule is CCC(C)NS(=O)(=O)c1ccc(C(=O)N(CC(=O)O)C(C)CC)cc1. The topological polar surface area (TPSA) is 104 Å². The number of carbonyl (C=O) groups excluding carboxylic acids is 1. The summed E-state index contributed by atoms with van der Waals surface area (Å²) >= 11 is 0. The van der Waals surface area contributed by atoms with Gasteiger partial charge in [-0.2, -0.15) is 0 Å². The first-order chi connectivity index (χ1) is 11.6. The normalized spacial score (nSPS) is 13.9. The maximum Gasteiger partial charge on any atom is 0.323 e. The highest BCUT2D eigenvalue weighted by Crippen LogP contribution is 2.15. The van der Waals surface area contributed by atoms with Crippen molar-refractivity contribution in [3.63, 3.8) is 0 Å². The highest BCUT2D eigenvalue weighted by atomic mass is 32.2. The molecule has 1 aromatic rings. The predicted octanol–water partition coefficient (Wildman–Crippen LogP) is 2.09. The first-order valence-corrected chi connectivity index (χ1v) is 9.75. The fourth-order valence-electron chi connectivity index (χ4n) is 2.15. The molecule has 0 heterocycles. The molecule has 2 unspecified atom stereocenters. The number of carboxylic acids is 1. The van der Waals surface area contributed by atoms with Crippen LogP contribution < -0.4 is 4.72 Å². The summed E-state index contributed by atoms with van der Waals surface area (Å²) in [6, 6.07) is 5.10. The molecule has 0 saturated heterocycles. The Labute approximate surface area is 149 Å². The van der Waals surface area contributed by atoms with E-state index in [1.807, 2.05) is 13.8 Å². The van der Waals surface area contributed by atoms with Gasteiger partial charge in [0.1, 0.15) is 6.54 Å². The molecular weight excluding hydrogens is 344 g/mol. The molecule has 2 atom stereocenters. The highest BCUT2D eigenvalue weighted by Gasteiger charge is 2.24. The molecule has 0 aliphatic heterocycles. The summed E-state index contributed by atoms with van der Waals surface area (Å²) in [4.78, 5) is 24.9. The minimum atomic E-state index is -3.64. The largest absolute Gasteiger partial charge is 0.480 e. The number of aliphatic carboxylic acids is 1. The zero-order valence-electron chi connectivity index (χ0n) is 15.0. The molecule has 7 nitrogen and oxygen atoms in total. The van der Waals surface area contributed by atoms with Crippen molar-refractivity contribution in [3.05, 3.63) is 29.8 Å². The number of benzene rings is 1. The zero-order chi connectivity index (χ0) is 19.2. The van der Waals surface area contributed by atoms with Crippen LogP contribution in [0.2, 0.25) is 0 Å². The van der Waals surface area contributed by atoms with Crippen molar-refractivity contribution in [2.75, 3.05) is 6.54 Å². The van der Waals surface area contributed by atoms with E-state index in [4.69, 9.17) is 5.11 Å². The lowest BCUT2D eigenvalue weighted by Crippen LogP contribution is -2.41. The van der Waals surface area contributed by atoms with Gasteiger partial charge in [-0.25, -0.2) is 13.1 Å². The molecule has 0 aromatic heterocycles. The molecule has 0 saturated carbocycles. The molecule has 2 N–H and O–H groups in total. The van der Waals surface area contributed by atoms with E-state index in [1.54, 1.807) is 13.8 Å². The van der Waals surface area contributed by atoms with Crippen molar-refractivity contribution in [2.45, 2.75) is 57.5 Å². The quantitative estimate of drug-likeness (QED) is 0.693. The third-order valence-corrected chi connectivity index (χ3v) is 5.68. The van der Waals surface area contributed by atoms with Crippen LogP contribution in [0.3, 0.4) is 0 Å². The lowest BCUT2D eigenvalue weighted by Gasteiger charge is -2.27. The summed E-state index contributed by atoms with van der Waals surface area (Å²) in [5.74, 6) is -1.53. The van der Waals surface area contributed by atoms with Gasteiger partial charge in [0.15, 0.2) is 0 Å². The van der Waals surface area contributed by atoms with Gasteiger partial charge in [0, 0.05) is 17.6 Å². The standard InChI is InChI=1S/C17H26N2O5S/c1-5-12(3)18-25(23,24)15-9-7-14(8-10-15)17(22)19(11-16(20)21)13(4)6-2/h7-10,12-13,18H,5-6,11H2,1-4H3,(H,20,21). The Balaban J connectivity index is 3.04. The number of carboxylic acid groups (broad SMARTS) is 1. The number of hydrogen-bond acceptors (Lipinski definition) is 4. The Morgan fingerprint density at radius 3 is 2.12 bits per heavy atom. The summed E-state index contributed by atoms with van der Waals surface area (Å²) in [5.41, 5.74) is 0.254. The van der Waals surface area contributed by atoms with Crippen molar-refractivity contribution in [1.82, 2.24) is 9.62 Å². The molecule has 140 valence electrons. The van der Waals surface area contributed by atoms with E-state index in [0.29, 0.717) is 12.8 Å². The van der Waals surface area contributed by atoms with Crippen LogP contribution in [0.1, 0.15) is 50.9 Å². The Bertz CT molecular complexity index is 700. The highest BCUT2D eigenvalue weighted by molar-refractivity contribution is 7.89. The molecule has 0 fully saturated rings.